The van der Waals surface area contributed by atoms with Gasteiger partial charge in [-0.3, -0.25) is 0 Å². The van der Waals surface area contributed by atoms with Crippen LogP contribution >= 0.6 is 0 Å². The molecule has 0 fully saturated rings. The maximum Gasteiger partial charge on any atom is 0.326 e. The number of rotatable bonds is 19. The normalized spacial score (nSPS) is 13.3. The van der Waals surface area contributed by atoms with Gasteiger partial charge in [0, 0.05) is 42.0 Å². The van der Waals surface area contributed by atoms with E-state index in [-0.39, 0.29) is 0 Å². The van der Waals surface area contributed by atoms with E-state index in [0.717, 1.165) is 19.3 Å². The molecular formula is C19H38O7Si2. The predicted octanol–water partition coefficient (Wildman–Crippen LogP) is 3.39. The first-order valence-electron chi connectivity index (χ1n) is 9.94. The lowest BCUT2D eigenvalue weighted by Crippen LogP contribution is -2.73. The van der Waals surface area contributed by atoms with Crippen molar-refractivity contribution in [3.63, 3.8) is 0 Å². The Bertz CT molecular complexity index is 365. The second kappa shape index (κ2) is 15.0. The van der Waals surface area contributed by atoms with Gasteiger partial charge in [0.15, 0.2) is 0 Å². The lowest BCUT2D eigenvalue weighted by atomic mass is 9.94. The zero-order valence-corrected chi connectivity index (χ0v) is 20.4. The van der Waals surface area contributed by atoms with Crippen LogP contribution in [0.15, 0.2) is 0 Å². The fourth-order valence-electron chi connectivity index (χ4n) is 3.64. The Morgan fingerprint density at radius 2 is 1.00 bits per heavy atom. The molecule has 6 radical (unpaired) electrons. The van der Waals surface area contributed by atoms with E-state index in [4.69, 9.17) is 32.5 Å². The summed E-state index contributed by atoms with van der Waals surface area (Å²) in [4.78, 5) is 0. The molecule has 0 aromatic carbocycles. The second-order valence-electron chi connectivity index (χ2n) is 6.73. The molecule has 0 unspecified atom stereocenters. The monoisotopic (exact) mass is 434 g/mol. The van der Waals surface area contributed by atoms with Gasteiger partial charge >= 0.3 is 11.8 Å². The van der Waals surface area contributed by atoms with Crippen LogP contribution in [0.25, 0.3) is 0 Å². The molecule has 9 heteroatoms. The molecular weight excluding hydrogens is 396 g/mol. The molecule has 0 aromatic heterocycles. The van der Waals surface area contributed by atoms with E-state index in [2.05, 4.69) is 27.9 Å². The summed E-state index contributed by atoms with van der Waals surface area (Å²) in [5.74, 6) is -4.91. The van der Waals surface area contributed by atoms with Crippen LogP contribution in [0.5, 0.6) is 0 Å². The molecule has 0 heterocycles. The first kappa shape index (κ1) is 28.2. The molecule has 0 N–H and O–H groups in total. The number of methoxy groups -OCH3 is 5. The van der Waals surface area contributed by atoms with Crippen LogP contribution in [0, 0.1) is 0 Å². The summed E-state index contributed by atoms with van der Waals surface area (Å²) in [6.07, 6.45) is 11.3. The lowest BCUT2D eigenvalue weighted by molar-refractivity contribution is -0.510. The van der Waals surface area contributed by atoms with Crippen molar-refractivity contribution in [1.29, 1.82) is 0 Å². The standard InChI is InChI=1S/C19H38O7Si2/c1-7-8-9-10-11-12-13-14-15-16-17(20-2,21-3)18(22-4,23-5)19(24-6,25-27)26-28/h7-16H2,1-6H3. The fourth-order valence-corrected chi connectivity index (χ4v) is 4.24. The Labute approximate surface area is 178 Å². The maximum atomic E-state index is 5.76. The van der Waals surface area contributed by atoms with Crippen molar-refractivity contribution in [2.45, 2.75) is 88.7 Å². The summed E-state index contributed by atoms with van der Waals surface area (Å²) in [6, 6.07) is 0. The minimum Gasteiger partial charge on any atom is -0.367 e. The van der Waals surface area contributed by atoms with E-state index in [1.807, 2.05) is 0 Å². The zero-order chi connectivity index (χ0) is 21.5. The van der Waals surface area contributed by atoms with Crippen LogP contribution in [0.3, 0.4) is 0 Å². The van der Waals surface area contributed by atoms with Crippen LogP contribution in [-0.4, -0.2) is 74.1 Å². The molecule has 0 aromatic rings. The summed E-state index contributed by atoms with van der Waals surface area (Å²) in [7, 11) is 13.3. The Morgan fingerprint density at radius 3 is 1.32 bits per heavy atom. The molecule has 0 saturated heterocycles. The quantitative estimate of drug-likeness (QED) is 0.175. The van der Waals surface area contributed by atoms with Crippen molar-refractivity contribution < 1.29 is 32.5 Å². The average Bonchev–Trinajstić information content (AvgIpc) is 2.74. The minimum atomic E-state index is -1.85. The third-order valence-corrected chi connectivity index (χ3v) is 5.82. The van der Waals surface area contributed by atoms with Gasteiger partial charge in [0.1, 0.15) is 0 Å². The van der Waals surface area contributed by atoms with Gasteiger partial charge in [-0.05, 0) is 6.42 Å². The number of hydrogen-bond donors (Lipinski definition) is 0. The molecule has 0 aliphatic carbocycles. The van der Waals surface area contributed by atoms with Crippen molar-refractivity contribution >= 4 is 21.0 Å². The largest absolute Gasteiger partial charge is 0.367 e. The van der Waals surface area contributed by atoms with Gasteiger partial charge in [-0.1, -0.05) is 58.3 Å². The molecule has 0 saturated carbocycles. The molecule has 0 spiro atoms. The van der Waals surface area contributed by atoms with Crippen LogP contribution in [-0.2, 0) is 32.5 Å². The van der Waals surface area contributed by atoms with Gasteiger partial charge in [0.25, 0.3) is 21.0 Å². The third-order valence-electron chi connectivity index (χ3n) is 5.29. The molecule has 0 rings (SSSR count). The first-order valence-corrected chi connectivity index (χ1v) is 10.8. The smallest absolute Gasteiger partial charge is 0.326 e. The summed E-state index contributed by atoms with van der Waals surface area (Å²) in [5.41, 5.74) is 0. The summed E-state index contributed by atoms with van der Waals surface area (Å²) < 4.78 is 38.9. The van der Waals surface area contributed by atoms with Gasteiger partial charge in [0.2, 0.25) is 5.79 Å². The highest BCUT2D eigenvalue weighted by Gasteiger charge is 2.69. The minimum absolute atomic E-state index is 0.480. The second-order valence-corrected chi connectivity index (χ2v) is 7.14. The Kier molecular flexibility index (Phi) is 15.1. The van der Waals surface area contributed by atoms with Gasteiger partial charge in [0.05, 0.1) is 0 Å². The topological polar surface area (TPSA) is 64.6 Å². The van der Waals surface area contributed by atoms with Gasteiger partial charge in [-0.15, -0.1) is 0 Å². The van der Waals surface area contributed by atoms with Crippen molar-refractivity contribution in [3.8, 4) is 0 Å². The van der Waals surface area contributed by atoms with Crippen LogP contribution in [0.2, 0.25) is 0 Å². The van der Waals surface area contributed by atoms with Crippen molar-refractivity contribution in [2.75, 3.05) is 35.5 Å². The molecule has 164 valence electrons. The van der Waals surface area contributed by atoms with Crippen LogP contribution < -0.4 is 0 Å². The Morgan fingerprint density at radius 1 is 0.571 bits per heavy atom. The van der Waals surface area contributed by atoms with E-state index in [1.165, 1.54) is 74.1 Å². The lowest BCUT2D eigenvalue weighted by Gasteiger charge is -2.52. The number of unbranched alkanes of at least 4 members (excludes halogenated alkanes) is 8. The SMILES string of the molecule is CCCCCCCCCCCC(OC)(OC)C(OC)(OC)C(OC)(O[Si])O[Si]. The van der Waals surface area contributed by atoms with E-state index in [0.29, 0.717) is 6.42 Å². The predicted molar refractivity (Wildman–Crippen MR) is 109 cm³/mol. The molecule has 7 nitrogen and oxygen atoms in total. The third kappa shape index (κ3) is 6.32. The van der Waals surface area contributed by atoms with E-state index < -0.39 is 17.5 Å². The highest BCUT2D eigenvalue weighted by atomic mass is 28.2. The Hall–Kier alpha value is 0.154. The molecule has 0 atom stereocenters. The maximum absolute atomic E-state index is 5.76. The molecule has 0 bridgehead atoms. The van der Waals surface area contributed by atoms with Gasteiger partial charge in [-0.25, -0.2) is 0 Å². The highest BCUT2D eigenvalue weighted by Crippen LogP contribution is 2.45. The molecule has 0 aliphatic heterocycles. The molecule has 0 amide bonds. The van der Waals surface area contributed by atoms with Gasteiger partial charge < -0.3 is 32.5 Å². The molecule has 28 heavy (non-hydrogen) atoms. The summed E-state index contributed by atoms with van der Waals surface area (Å²) >= 11 is 0. The number of hydrogen-bond acceptors (Lipinski definition) is 7. The summed E-state index contributed by atoms with van der Waals surface area (Å²) in [6.45, 7) is 2.23. The number of ether oxygens (including phenoxy) is 5. The van der Waals surface area contributed by atoms with Crippen molar-refractivity contribution in [2.24, 2.45) is 0 Å². The Balaban J connectivity index is 5.10. The van der Waals surface area contributed by atoms with E-state index in [9.17, 15) is 0 Å². The van der Waals surface area contributed by atoms with E-state index in [1.54, 1.807) is 0 Å². The van der Waals surface area contributed by atoms with Crippen LogP contribution in [0.1, 0.15) is 71.1 Å². The summed E-state index contributed by atoms with van der Waals surface area (Å²) in [5, 5.41) is 0. The highest BCUT2D eigenvalue weighted by molar-refractivity contribution is 6.00. The van der Waals surface area contributed by atoms with Crippen molar-refractivity contribution in [3.05, 3.63) is 0 Å². The molecule has 0 aliphatic rings. The average molecular weight is 435 g/mol. The fraction of sp³-hybridized carbons (Fsp3) is 1.00. The van der Waals surface area contributed by atoms with Gasteiger partial charge in [-0.2, -0.15) is 0 Å². The zero-order valence-electron chi connectivity index (χ0n) is 18.4. The van der Waals surface area contributed by atoms with Crippen LogP contribution in [0.4, 0.5) is 0 Å². The van der Waals surface area contributed by atoms with E-state index >= 15 is 0 Å². The van der Waals surface area contributed by atoms with Crippen molar-refractivity contribution in [1.82, 2.24) is 0 Å². The first-order chi connectivity index (χ1) is 13.5.